The molecule has 0 unspecified atom stereocenters. The summed E-state index contributed by atoms with van der Waals surface area (Å²) >= 11 is 0. The lowest BCUT2D eigenvalue weighted by atomic mass is 9.86. The highest BCUT2D eigenvalue weighted by atomic mass is 16.2. The van der Waals surface area contributed by atoms with Crippen molar-refractivity contribution in [2.45, 2.75) is 114 Å². The number of rotatable bonds is 13. The SMILES string of the molecule is CCc1cc(C)cc(CC)c1-c1c(Cc2ccc(C)cc2)c(C)nn(C)c1=O.CCc1cc(C)cc(CC)c1C(=O)C(=O)N(C)N=C(C)CCc1ccc(C)cc1. The van der Waals surface area contributed by atoms with E-state index in [4.69, 9.17) is 0 Å². The summed E-state index contributed by atoms with van der Waals surface area (Å²) in [5.74, 6) is -1.07. The van der Waals surface area contributed by atoms with Crippen LogP contribution in [0, 0.1) is 34.6 Å². The van der Waals surface area contributed by atoms with Crippen molar-refractivity contribution in [2.75, 3.05) is 7.05 Å². The molecular weight excluding hydrogens is 705 g/mol. The Kier molecular flexibility index (Phi) is 15.6. The Morgan fingerprint density at radius 3 is 1.60 bits per heavy atom. The van der Waals surface area contributed by atoms with Gasteiger partial charge in [-0.2, -0.15) is 10.2 Å². The first-order valence-corrected chi connectivity index (χ1v) is 20.4. The van der Waals surface area contributed by atoms with Gasteiger partial charge in [0.05, 0.1) is 11.3 Å². The zero-order valence-electron chi connectivity index (χ0n) is 36.4. The molecule has 0 saturated heterocycles. The standard InChI is InChI=1S/C25H32N2O2.C25H30N2O/c1-7-21-15-18(4)16-22(8-2)23(21)24(28)25(29)27(6)26-19(5)11-14-20-12-9-17(3)10-13-20;1-7-20-13-17(4)14-21(8-2)23(20)24-22(18(5)26-27(6)25(24)28)15-19-11-9-16(3)10-12-19/h9-10,12-13,15-16H,7-8,11,14H2,1-6H3;9-14H,7-8,15H2,1-6H3. The van der Waals surface area contributed by atoms with Crippen LogP contribution in [0.4, 0.5) is 0 Å². The summed E-state index contributed by atoms with van der Waals surface area (Å²) in [6.07, 6.45) is 5.53. The average Bonchev–Trinajstić information content (AvgIpc) is 3.19. The van der Waals surface area contributed by atoms with Gasteiger partial charge in [0.15, 0.2) is 0 Å². The van der Waals surface area contributed by atoms with Crippen LogP contribution in [0.25, 0.3) is 11.1 Å². The molecule has 0 aliphatic carbocycles. The van der Waals surface area contributed by atoms with Gasteiger partial charge in [0.2, 0.25) is 0 Å². The maximum absolute atomic E-state index is 13.3. The fraction of sp³-hybridized carbons (Fsp3) is 0.380. The van der Waals surface area contributed by atoms with E-state index in [1.165, 1.54) is 48.6 Å². The minimum atomic E-state index is -0.590. The van der Waals surface area contributed by atoms with Crippen LogP contribution in [0.15, 0.2) is 82.7 Å². The molecule has 0 aliphatic heterocycles. The van der Waals surface area contributed by atoms with E-state index in [1.54, 1.807) is 14.1 Å². The number of hydrazone groups is 1. The number of Topliss-reactive ketones (excluding diaryl/α,β-unsaturated/α-hetero) is 1. The molecule has 0 bridgehead atoms. The molecule has 0 saturated carbocycles. The van der Waals surface area contributed by atoms with Crippen molar-refractivity contribution in [3.8, 4) is 11.1 Å². The monoisotopic (exact) mass is 766 g/mol. The van der Waals surface area contributed by atoms with E-state index in [0.717, 1.165) is 70.5 Å². The summed E-state index contributed by atoms with van der Waals surface area (Å²) in [5.41, 5.74) is 16.9. The second-order valence-corrected chi connectivity index (χ2v) is 15.3. The molecule has 0 spiro atoms. The van der Waals surface area contributed by atoms with Crippen molar-refractivity contribution in [2.24, 2.45) is 12.1 Å². The van der Waals surface area contributed by atoms with E-state index in [2.05, 4.69) is 105 Å². The number of likely N-dealkylation sites (N-methyl/N-ethyl adjacent to an activating group) is 1. The molecule has 0 aliphatic rings. The summed E-state index contributed by atoms with van der Waals surface area (Å²) in [6, 6.07) is 25.4. The minimum Gasteiger partial charge on any atom is -0.283 e. The zero-order valence-corrected chi connectivity index (χ0v) is 36.4. The van der Waals surface area contributed by atoms with Crippen LogP contribution in [-0.4, -0.2) is 39.2 Å². The number of benzene rings is 4. The first-order chi connectivity index (χ1) is 27.1. The number of aryl methyl sites for hydroxylation is 11. The van der Waals surface area contributed by atoms with E-state index in [0.29, 0.717) is 24.8 Å². The third-order valence-electron chi connectivity index (χ3n) is 10.6. The van der Waals surface area contributed by atoms with Crippen molar-refractivity contribution in [1.29, 1.82) is 0 Å². The molecule has 0 fully saturated rings. The number of hydrogen-bond donors (Lipinski definition) is 0. The fourth-order valence-corrected chi connectivity index (χ4v) is 7.48. The Labute approximate surface area is 340 Å². The summed E-state index contributed by atoms with van der Waals surface area (Å²) < 4.78 is 1.49. The Morgan fingerprint density at radius 2 is 1.12 bits per heavy atom. The van der Waals surface area contributed by atoms with E-state index in [-0.39, 0.29) is 5.56 Å². The van der Waals surface area contributed by atoms with Crippen molar-refractivity contribution in [1.82, 2.24) is 14.8 Å². The summed E-state index contributed by atoms with van der Waals surface area (Å²) in [7, 11) is 3.31. The molecule has 57 heavy (non-hydrogen) atoms. The maximum atomic E-state index is 13.3. The molecule has 4 aromatic carbocycles. The fourth-order valence-electron chi connectivity index (χ4n) is 7.48. The van der Waals surface area contributed by atoms with Crippen LogP contribution in [0.1, 0.15) is 118 Å². The molecule has 300 valence electrons. The lowest BCUT2D eigenvalue weighted by Crippen LogP contribution is -2.31. The lowest BCUT2D eigenvalue weighted by molar-refractivity contribution is -0.125. The van der Waals surface area contributed by atoms with Crippen LogP contribution in [0.2, 0.25) is 0 Å². The average molecular weight is 767 g/mol. The molecule has 0 N–H and O–H groups in total. The van der Waals surface area contributed by atoms with E-state index >= 15 is 0 Å². The molecule has 7 nitrogen and oxygen atoms in total. The maximum Gasteiger partial charge on any atom is 0.314 e. The highest BCUT2D eigenvalue weighted by molar-refractivity contribution is 6.43. The van der Waals surface area contributed by atoms with Crippen molar-refractivity contribution < 1.29 is 9.59 Å². The second kappa shape index (κ2) is 20.1. The van der Waals surface area contributed by atoms with Crippen molar-refractivity contribution >= 4 is 17.4 Å². The Balaban J connectivity index is 0.000000253. The molecule has 7 heteroatoms. The molecule has 5 rings (SSSR count). The predicted molar refractivity (Wildman–Crippen MR) is 237 cm³/mol. The van der Waals surface area contributed by atoms with Gasteiger partial charge in [0, 0.05) is 31.8 Å². The first kappa shape index (κ1) is 44.3. The van der Waals surface area contributed by atoms with E-state index in [9.17, 15) is 14.4 Å². The second-order valence-electron chi connectivity index (χ2n) is 15.3. The van der Waals surface area contributed by atoms with Gasteiger partial charge in [-0.15, -0.1) is 0 Å². The molecule has 1 amide bonds. The Morgan fingerprint density at radius 1 is 0.667 bits per heavy atom. The highest BCUT2D eigenvalue weighted by Crippen LogP contribution is 2.32. The third kappa shape index (κ3) is 11.1. The number of nitrogens with zero attached hydrogens (tertiary/aromatic N) is 4. The summed E-state index contributed by atoms with van der Waals surface area (Å²) in [4.78, 5) is 39.1. The third-order valence-corrected chi connectivity index (χ3v) is 10.6. The molecule has 5 aromatic rings. The van der Waals surface area contributed by atoms with Gasteiger partial charge in [-0.25, -0.2) is 9.69 Å². The normalized spacial score (nSPS) is 11.3. The highest BCUT2D eigenvalue weighted by Gasteiger charge is 2.26. The lowest BCUT2D eigenvalue weighted by Gasteiger charge is -2.19. The Bertz CT molecular complexity index is 2250. The van der Waals surface area contributed by atoms with E-state index < -0.39 is 11.7 Å². The smallest absolute Gasteiger partial charge is 0.283 e. The van der Waals surface area contributed by atoms with Gasteiger partial charge >= 0.3 is 5.91 Å². The molecule has 1 aromatic heterocycles. The Hall–Kier alpha value is -5.43. The number of carbonyl (C=O) groups excluding carboxylic acids is 2. The van der Waals surface area contributed by atoms with Crippen LogP contribution >= 0.6 is 0 Å². The van der Waals surface area contributed by atoms with Gasteiger partial charge < -0.3 is 0 Å². The van der Waals surface area contributed by atoms with Gasteiger partial charge in [0.1, 0.15) is 0 Å². The van der Waals surface area contributed by atoms with Crippen LogP contribution in [0.3, 0.4) is 0 Å². The molecule has 0 atom stereocenters. The van der Waals surface area contributed by atoms with Gasteiger partial charge in [-0.1, -0.05) is 123 Å². The quantitative estimate of drug-likeness (QED) is 0.0517. The van der Waals surface area contributed by atoms with Gasteiger partial charge in [0.25, 0.3) is 11.3 Å². The number of aromatic nitrogens is 2. The number of hydrogen-bond acceptors (Lipinski definition) is 5. The van der Waals surface area contributed by atoms with Crippen LogP contribution < -0.4 is 5.56 Å². The summed E-state index contributed by atoms with van der Waals surface area (Å²) in [5, 5.41) is 10.1. The summed E-state index contributed by atoms with van der Waals surface area (Å²) in [6.45, 7) is 20.5. The number of carbonyl (C=O) groups is 2. The van der Waals surface area contributed by atoms with Gasteiger partial charge in [-0.05, 0) is 125 Å². The van der Waals surface area contributed by atoms with E-state index in [1.807, 2.05) is 46.8 Å². The van der Waals surface area contributed by atoms with Crippen LogP contribution in [-0.2, 0) is 50.4 Å². The van der Waals surface area contributed by atoms with Crippen molar-refractivity contribution in [3.05, 3.63) is 156 Å². The molecule has 1 heterocycles. The molecular formula is C50H62N4O3. The number of amides is 1. The zero-order chi connectivity index (χ0) is 42.0. The predicted octanol–water partition coefficient (Wildman–Crippen LogP) is 10.2. The van der Waals surface area contributed by atoms with Gasteiger partial charge in [-0.3, -0.25) is 14.4 Å². The largest absolute Gasteiger partial charge is 0.314 e. The number of ketones is 1. The van der Waals surface area contributed by atoms with Crippen molar-refractivity contribution in [3.63, 3.8) is 0 Å². The molecule has 0 radical (unpaired) electrons. The topological polar surface area (TPSA) is 84.6 Å². The van der Waals surface area contributed by atoms with Crippen LogP contribution in [0.5, 0.6) is 0 Å². The minimum absolute atomic E-state index is 0.0130. The first-order valence-electron chi connectivity index (χ1n) is 20.4.